The number of anilines is 1. The van der Waals surface area contributed by atoms with Gasteiger partial charge in [0, 0.05) is 71.4 Å². The predicted molar refractivity (Wildman–Crippen MR) is 155 cm³/mol. The van der Waals surface area contributed by atoms with Gasteiger partial charge in [0.05, 0.1) is 18.8 Å². The molecule has 0 aliphatic carbocycles. The van der Waals surface area contributed by atoms with Crippen LogP contribution in [0.2, 0.25) is 0 Å². The summed E-state index contributed by atoms with van der Waals surface area (Å²) in [4.78, 5) is 37.9. The summed E-state index contributed by atoms with van der Waals surface area (Å²) < 4.78 is 22.0. The summed E-state index contributed by atoms with van der Waals surface area (Å²) >= 11 is 0. The lowest BCUT2D eigenvalue weighted by atomic mass is 10.1. The minimum atomic E-state index is -0.357. The highest BCUT2D eigenvalue weighted by Crippen LogP contribution is 2.27. The summed E-state index contributed by atoms with van der Waals surface area (Å²) in [5.74, 6) is 0.772. The number of nitrogens with zero attached hydrogens (tertiary/aromatic N) is 7. The predicted octanol–water partition coefficient (Wildman–Crippen LogP) is 2.48. The summed E-state index contributed by atoms with van der Waals surface area (Å²) in [5.41, 5.74) is 2.32. The van der Waals surface area contributed by atoms with Gasteiger partial charge in [0.1, 0.15) is 11.3 Å². The molecule has 0 bridgehead atoms. The lowest BCUT2D eigenvalue weighted by molar-refractivity contribution is -0.134. The zero-order chi connectivity index (χ0) is 28.8. The normalized spacial score (nSPS) is 16.8. The number of fused-ring (bicyclic) bond motifs is 1. The monoisotopic (exact) mass is 563 g/mol. The third-order valence-corrected chi connectivity index (χ3v) is 7.42. The molecule has 0 N–H and O–H groups in total. The second-order valence-corrected chi connectivity index (χ2v) is 10.8. The van der Waals surface area contributed by atoms with E-state index in [0.29, 0.717) is 63.9 Å². The maximum atomic E-state index is 14.6. The number of hydrogen-bond acceptors (Lipinski definition) is 8. The number of benzene rings is 1. The molecule has 41 heavy (non-hydrogen) atoms. The Bertz CT molecular complexity index is 1390. The number of rotatable bonds is 10. The highest BCUT2D eigenvalue weighted by atomic mass is 19.1. The first-order valence-corrected chi connectivity index (χ1v) is 14.2. The van der Waals surface area contributed by atoms with Crippen molar-refractivity contribution in [2.45, 2.75) is 19.4 Å². The second-order valence-electron chi connectivity index (χ2n) is 10.8. The number of ketones is 1. The Morgan fingerprint density at radius 3 is 2.54 bits per heavy atom. The molecule has 0 spiro atoms. The van der Waals surface area contributed by atoms with E-state index in [2.05, 4.69) is 21.0 Å². The Hall–Kier alpha value is -3.67. The first-order valence-electron chi connectivity index (χ1n) is 14.2. The Morgan fingerprint density at radius 1 is 1.05 bits per heavy atom. The molecule has 0 unspecified atom stereocenters. The van der Waals surface area contributed by atoms with Crippen LogP contribution in [-0.2, 0) is 20.9 Å². The number of piperazine rings is 1. The first-order chi connectivity index (χ1) is 19.9. The fourth-order valence-corrected chi connectivity index (χ4v) is 5.17. The van der Waals surface area contributed by atoms with Gasteiger partial charge in [-0.3, -0.25) is 14.5 Å². The van der Waals surface area contributed by atoms with Crippen LogP contribution in [0.3, 0.4) is 0 Å². The molecule has 218 valence electrons. The fraction of sp³-hybridized carbons (Fsp3) is 0.467. The second kappa shape index (κ2) is 13.3. The first kappa shape index (κ1) is 28.8. The van der Waals surface area contributed by atoms with E-state index in [0.717, 1.165) is 30.0 Å². The number of carbonyl (C=O) groups excluding carboxylic acids is 2. The number of ether oxygens (including phenoxy) is 1. The van der Waals surface area contributed by atoms with Crippen LogP contribution in [0.1, 0.15) is 18.4 Å². The molecule has 3 aromatic rings. The van der Waals surface area contributed by atoms with E-state index in [4.69, 9.17) is 9.72 Å². The molecular weight excluding hydrogens is 525 g/mol. The van der Waals surface area contributed by atoms with Crippen molar-refractivity contribution in [2.75, 3.05) is 78.0 Å². The van der Waals surface area contributed by atoms with E-state index in [1.54, 1.807) is 28.8 Å². The standard InChI is InChI=1S/C30H38FN7O3/c1-34(2)11-5-6-24(39)9-10-28(40)36-14-12-35(13-15-36)21-23-20-27-30(37-16-18-41-19-17-37)32-29(33-38(27)22-23)25-7-3-4-8-26(25)31/h3-8,20,22H,9-19,21H2,1-2H3/b6-5+. The molecule has 2 saturated heterocycles. The van der Waals surface area contributed by atoms with Gasteiger partial charge in [-0.05, 0) is 43.9 Å². The maximum Gasteiger partial charge on any atom is 0.223 e. The van der Waals surface area contributed by atoms with Crippen LogP contribution in [0.5, 0.6) is 0 Å². The minimum Gasteiger partial charge on any atom is -0.378 e. The Labute approximate surface area is 240 Å². The van der Waals surface area contributed by atoms with E-state index in [1.165, 1.54) is 6.07 Å². The smallest absolute Gasteiger partial charge is 0.223 e. The number of amides is 1. The van der Waals surface area contributed by atoms with Gasteiger partial charge in [0.25, 0.3) is 0 Å². The number of aromatic nitrogens is 3. The van der Waals surface area contributed by atoms with Crippen molar-refractivity contribution in [1.29, 1.82) is 0 Å². The molecule has 2 aliphatic heterocycles. The molecule has 11 heteroatoms. The van der Waals surface area contributed by atoms with Crippen molar-refractivity contribution in [3.63, 3.8) is 0 Å². The Morgan fingerprint density at radius 2 is 1.80 bits per heavy atom. The van der Waals surface area contributed by atoms with Crippen LogP contribution in [0.25, 0.3) is 16.9 Å². The number of likely N-dealkylation sites (N-methyl/N-ethyl adjacent to an activating group) is 1. The molecule has 1 amide bonds. The van der Waals surface area contributed by atoms with Crippen molar-refractivity contribution in [3.05, 3.63) is 60.1 Å². The van der Waals surface area contributed by atoms with Crippen molar-refractivity contribution >= 4 is 23.0 Å². The van der Waals surface area contributed by atoms with Crippen LogP contribution in [-0.4, -0.2) is 114 Å². The van der Waals surface area contributed by atoms with Crippen LogP contribution < -0.4 is 4.90 Å². The Balaban J connectivity index is 1.23. The van der Waals surface area contributed by atoms with Gasteiger partial charge in [-0.2, -0.15) is 0 Å². The topological polar surface area (TPSA) is 86.5 Å². The van der Waals surface area contributed by atoms with E-state index in [1.807, 2.05) is 36.2 Å². The number of allylic oxidation sites excluding steroid dienone is 1. The molecule has 2 aromatic heterocycles. The minimum absolute atomic E-state index is 0.0164. The summed E-state index contributed by atoms with van der Waals surface area (Å²) in [6.45, 7) is 6.81. The lowest BCUT2D eigenvalue weighted by Crippen LogP contribution is -2.48. The van der Waals surface area contributed by atoms with E-state index in [-0.39, 0.29) is 30.3 Å². The summed E-state index contributed by atoms with van der Waals surface area (Å²) in [6.07, 6.45) is 5.86. The van der Waals surface area contributed by atoms with Crippen LogP contribution in [0.15, 0.2) is 48.7 Å². The molecule has 4 heterocycles. The van der Waals surface area contributed by atoms with Gasteiger partial charge in [-0.15, -0.1) is 5.10 Å². The van der Waals surface area contributed by atoms with Gasteiger partial charge in [0.15, 0.2) is 17.4 Å². The molecule has 0 radical (unpaired) electrons. The zero-order valence-corrected chi connectivity index (χ0v) is 23.8. The maximum absolute atomic E-state index is 14.6. The highest BCUT2D eigenvalue weighted by molar-refractivity contribution is 5.92. The highest BCUT2D eigenvalue weighted by Gasteiger charge is 2.24. The van der Waals surface area contributed by atoms with Gasteiger partial charge in [0.2, 0.25) is 5.91 Å². The summed E-state index contributed by atoms with van der Waals surface area (Å²) in [6, 6.07) is 8.66. The van der Waals surface area contributed by atoms with Crippen molar-refractivity contribution in [1.82, 2.24) is 29.3 Å². The third kappa shape index (κ3) is 7.35. The van der Waals surface area contributed by atoms with Crippen LogP contribution in [0, 0.1) is 5.82 Å². The number of halogens is 1. The van der Waals surface area contributed by atoms with E-state index in [9.17, 15) is 14.0 Å². The number of morpholine rings is 1. The largest absolute Gasteiger partial charge is 0.378 e. The average Bonchev–Trinajstić information content (AvgIpc) is 3.38. The van der Waals surface area contributed by atoms with Crippen LogP contribution >= 0.6 is 0 Å². The fourth-order valence-electron chi connectivity index (χ4n) is 5.17. The van der Waals surface area contributed by atoms with Crippen molar-refractivity contribution in [2.24, 2.45) is 0 Å². The summed E-state index contributed by atoms with van der Waals surface area (Å²) in [5, 5.41) is 4.67. The van der Waals surface area contributed by atoms with Crippen LogP contribution in [0.4, 0.5) is 10.2 Å². The lowest BCUT2D eigenvalue weighted by Gasteiger charge is -2.34. The van der Waals surface area contributed by atoms with Gasteiger partial charge >= 0.3 is 0 Å². The quantitative estimate of drug-likeness (QED) is 0.348. The molecule has 2 fully saturated rings. The van der Waals surface area contributed by atoms with Gasteiger partial charge < -0.3 is 19.4 Å². The summed E-state index contributed by atoms with van der Waals surface area (Å²) in [7, 11) is 3.88. The molecule has 10 nitrogen and oxygen atoms in total. The number of hydrogen-bond donors (Lipinski definition) is 0. The molecule has 5 rings (SSSR count). The molecule has 0 saturated carbocycles. The zero-order valence-electron chi connectivity index (χ0n) is 23.8. The molecular formula is C30H38FN7O3. The van der Waals surface area contributed by atoms with Gasteiger partial charge in [-0.1, -0.05) is 18.2 Å². The van der Waals surface area contributed by atoms with Crippen molar-refractivity contribution < 1.29 is 18.7 Å². The number of carbonyl (C=O) groups is 2. The van der Waals surface area contributed by atoms with E-state index < -0.39 is 0 Å². The average molecular weight is 564 g/mol. The molecule has 0 atom stereocenters. The Kier molecular flexibility index (Phi) is 9.38. The molecule has 1 aromatic carbocycles. The molecule has 2 aliphatic rings. The van der Waals surface area contributed by atoms with E-state index >= 15 is 0 Å². The van der Waals surface area contributed by atoms with Crippen molar-refractivity contribution in [3.8, 4) is 11.4 Å². The SMILES string of the molecule is CN(C)C/C=C/C(=O)CCC(=O)N1CCN(Cc2cc3c(N4CCOCC4)nc(-c4ccccc4F)nn3c2)CC1. The van der Waals surface area contributed by atoms with Gasteiger partial charge in [-0.25, -0.2) is 13.9 Å². The third-order valence-electron chi connectivity index (χ3n) is 7.42.